The van der Waals surface area contributed by atoms with E-state index in [1.807, 2.05) is 42.5 Å². The number of Topliss-reactive ketones (excluding diaryl/α,β-unsaturated/α-hetero) is 1. The fourth-order valence-electron chi connectivity index (χ4n) is 3.16. The summed E-state index contributed by atoms with van der Waals surface area (Å²) in [6.45, 7) is 0.516. The third-order valence-corrected chi connectivity index (χ3v) is 4.35. The maximum absolute atomic E-state index is 12.7. The summed E-state index contributed by atoms with van der Waals surface area (Å²) in [5.74, 6) is 1.30. The molecule has 1 spiro atoms. The SMILES string of the molecule is O=C1c2ccccc2OCC12CC2c1ccccc1. The van der Waals surface area contributed by atoms with E-state index in [0.717, 1.165) is 17.7 Å². The van der Waals surface area contributed by atoms with Crippen LogP contribution in [0.3, 0.4) is 0 Å². The molecule has 0 aromatic heterocycles. The second-order valence-electron chi connectivity index (χ2n) is 5.44. The molecular formula is C17H14O2. The van der Waals surface area contributed by atoms with Gasteiger partial charge in [-0.3, -0.25) is 4.79 Å². The molecule has 2 unspecified atom stereocenters. The van der Waals surface area contributed by atoms with Crippen molar-refractivity contribution < 1.29 is 9.53 Å². The smallest absolute Gasteiger partial charge is 0.176 e. The molecule has 1 aliphatic heterocycles. The zero-order valence-electron chi connectivity index (χ0n) is 10.5. The van der Waals surface area contributed by atoms with Crippen LogP contribution in [0.2, 0.25) is 0 Å². The van der Waals surface area contributed by atoms with Crippen molar-refractivity contribution in [2.75, 3.05) is 6.61 Å². The molecule has 0 N–H and O–H groups in total. The van der Waals surface area contributed by atoms with E-state index in [1.165, 1.54) is 5.56 Å². The number of ether oxygens (including phenoxy) is 1. The molecule has 2 nitrogen and oxygen atoms in total. The number of rotatable bonds is 1. The molecule has 2 atom stereocenters. The van der Waals surface area contributed by atoms with Crippen molar-refractivity contribution in [3.63, 3.8) is 0 Å². The van der Waals surface area contributed by atoms with Gasteiger partial charge in [0.25, 0.3) is 0 Å². The lowest BCUT2D eigenvalue weighted by Gasteiger charge is -2.25. The highest BCUT2D eigenvalue weighted by molar-refractivity contribution is 6.06. The van der Waals surface area contributed by atoms with Crippen molar-refractivity contribution in [2.45, 2.75) is 12.3 Å². The van der Waals surface area contributed by atoms with Crippen LogP contribution in [-0.4, -0.2) is 12.4 Å². The lowest BCUT2D eigenvalue weighted by atomic mass is 9.88. The van der Waals surface area contributed by atoms with Gasteiger partial charge in [-0.25, -0.2) is 0 Å². The van der Waals surface area contributed by atoms with Gasteiger partial charge in [-0.15, -0.1) is 0 Å². The molecule has 94 valence electrons. The van der Waals surface area contributed by atoms with Gasteiger partial charge < -0.3 is 4.74 Å². The zero-order valence-corrected chi connectivity index (χ0v) is 10.5. The third kappa shape index (κ3) is 1.46. The quantitative estimate of drug-likeness (QED) is 0.775. The van der Waals surface area contributed by atoms with Crippen molar-refractivity contribution in [2.24, 2.45) is 5.41 Å². The zero-order chi connectivity index (χ0) is 12.9. The molecule has 2 aromatic rings. The minimum Gasteiger partial charge on any atom is -0.492 e. The Kier molecular flexibility index (Phi) is 2.10. The van der Waals surface area contributed by atoms with Crippen molar-refractivity contribution >= 4 is 5.78 Å². The largest absolute Gasteiger partial charge is 0.492 e. The molecular weight excluding hydrogens is 236 g/mol. The number of ketones is 1. The van der Waals surface area contributed by atoms with Crippen LogP contribution in [0.1, 0.15) is 28.3 Å². The summed E-state index contributed by atoms with van der Waals surface area (Å²) in [6, 6.07) is 17.8. The molecule has 19 heavy (non-hydrogen) atoms. The fourth-order valence-corrected chi connectivity index (χ4v) is 3.16. The Bertz CT molecular complexity index is 647. The van der Waals surface area contributed by atoms with Crippen LogP contribution in [0.15, 0.2) is 54.6 Å². The topological polar surface area (TPSA) is 26.3 Å². The monoisotopic (exact) mass is 250 g/mol. The van der Waals surface area contributed by atoms with Crippen molar-refractivity contribution in [1.29, 1.82) is 0 Å². The van der Waals surface area contributed by atoms with Crippen molar-refractivity contribution in [3.8, 4) is 5.75 Å². The molecule has 4 rings (SSSR count). The van der Waals surface area contributed by atoms with E-state index in [0.29, 0.717) is 12.5 Å². The van der Waals surface area contributed by atoms with Gasteiger partial charge in [0.1, 0.15) is 12.4 Å². The highest BCUT2D eigenvalue weighted by Crippen LogP contribution is 2.62. The Balaban J connectivity index is 1.71. The van der Waals surface area contributed by atoms with Crippen molar-refractivity contribution in [1.82, 2.24) is 0 Å². The van der Waals surface area contributed by atoms with Crippen molar-refractivity contribution in [3.05, 3.63) is 65.7 Å². The first-order chi connectivity index (χ1) is 9.31. The third-order valence-electron chi connectivity index (χ3n) is 4.35. The van der Waals surface area contributed by atoms with Crippen LogP contribution in [0.5, 0.6) is 5.75 Å². The van der Waals surface area contributed by atoms with E-state index < -0.39 is 0 Å². The molecule has 0 saturated heterocycles. The summed E-state index contributed by atoms with van der Waals surface area (Å²) in [6.07, 6.45) is 0.907. The Labute approximate surface area is 112 Å². The number of hydrogen-bond donors (Lipinski definition) is 0. The molecule has 0 bridgehead atoms. The average Bonchev–Trinajstić information content (AvgIpc) is 3.20. The highest BCUT2D eigenvalue weighted by atomic mass is 16.5. The number of benzene rings is 2. The van der Waals surface area contributed by atoms with Gasteiger partial charge in [-0.1, -0.05) is 42.5 Å². The van der Waals surface area contributed by atoms with E-state index >= 15 is 0 Å². The first-order valence-electron chi connectivity index (χ1n) is 6.63. The molecule has 0 radical (unpaired) electrons. The Morgan fingerprint density at radius 2 is 1.74 bits per heavy atom. The molecule has 1 fully saturated rings. The second-order valence-corrected chi connectivity index (χ2v) is 5.44. The lowest BCUT2D eigenvalue weighted by molar-refractivity contribution is 0.0790. The Hall–Kier alpha value is -2.09. The molecule has 0 amide bonds. The summed E-state index contributed by atoms with van der Waals surface area (Å²) < 4.78 is 5.80. The van der Waals surface area contributed by atoms with E-state index in [-0.39, 0.29) is 11.2 Å². The minimum atomic E-state index is -0.310. The van der Waals surface area contributed by atoms with Gasteiger partial charge >= 0.3 is 0 Å². The van der Waals surface area contributed by atoms with Crippen LogP contribution in [0.4, 0.5) is 0 Å². The number of para-hydroxylation sites is 1. The molecule has 1 heterocycles. The number of hydrogen-bond acceptors (Lipinski definition) is 2. The normalized spacial score (nSPS) is 27.8. The van der Waals surface area contributed by atoms with Crippen LogP contribution in [0, 0.1) is 5.41 Å². The summed E-state index contributed by atoms with van der Waals surface area (Å²) in [5.41, 5.74) is 1.68. The van der Waals surface area contributed by atoms with Gasteiger partial charge in [0.2, 0.25) is 0 Å². The van der Waals surface area contributed by atoms with Gasteiger partial charge in [0.15, 0.2) is 5.78 Å². The summed E-state index contributed by atoms with van der Waals surface area (Å²) in [7, 11) is 0. The maximum atomic E-state index is 12.7. The average molecular weight is 250 g/mol. The highest BCUT2D eigenvalue weighted by Gasteiger charge is 2.62. The molecule has 2 heteroatoms. The summed E-state index contributed by atoms with van der Waals surface area (Å²) in [4.78, 5) is 12.7. The first kappa shape index (κ1) is 10.8. The van der Waals surface area contributed by atoms with Gasteiger partial charge in [-0.2, -0.15) is 0 Å². The van der Waals surface area contributed by atoms with Crippen LogP contribution >= 0.6 is 0 Å². The van der Waals surface area contributed by atoms with E-state index in [1.54, 1.807) is 0 Å². The number of fused-ring (bicyclic) bond motifs is 1. The predicted octanol–water partition coefficient (Wildman–Crippen LogP) is 3.44. The lowest BCUT2D eigenvalue weighted by Crippen LogP contribution is -2.30. The van der Waals surface area contributed by atoms with E-state index in [9.17, 15) is 4.79 Å². The van der Waals surface area contributed by atoms with Gasteiger partial charge in [-0.05, 0) is 24.1 Å². The van der Waals surface area contributed by atoms with Crippen LogP contribution in [-0.2, 0) is 0 Å². The van der Waals surface area contributed by atoms with E-state index in [2.05, 4.69) is 12.1 Å². The summed E-state index contributed by atoms with van der Waals surface area (Å²) >= 11 is 0. The predicted molar refractivity (Wildman–Crippen MR) is 72.5 cm³/mol. The van der Waals surface area contributed by atoms with Crippen LogP contribution < -0.4 is 4.74 Å². The van der Waals surface area contributed by atoms with E-state index in [4.69, 9.17) is 4.74 Å². The first-order valence-corrected chi connectivity index (χ1v) is 6.63. The van der Waals surface area contributed by atoms with Gasteiger partial charge in [0.05, 0.1) is 11.0 Å². The molecule has 1 saturated carbocycles. The molecule has 1 aliphatic carbocycles. The molecule has 2 aromatic carbocycles. The maximum Gasteiger partial charge on any atom is 0.176 e. The van der Waals surface area contributed by atoms with Gasteiger partial charge in [0, 0.05) is 5.92 Å². The molecule has 2 aliphatic rings. The Morgan fingerprint density at radius 3 is 2.58 bits per heavy atom. The number of carbonyl (C=O) groups excluding carboxylic acids is 1. The Morgan fingerprint density at radius 1 is 1.00 bits per heavy atom. The number of carbonyl (C=O) groups is 1. The van der Waals surface area contributed by atoms with Crippen LogP contribution in [0.25, 0.3) is 0 Å². The standard InChI is InChI=1S/C17H14O2/c18-16-13-8-4-5-9-15(13)19-11-17(16)10-14(17)12-6-2-1-3-7-12/h1-9,14H,10-11H2. The summed E-state index contributed by atoms with van der Waals surface area (Å²) in [5, 5.41) is 0. The second kappa shape index (κ2) is 3.70. The fraction of sp³-hybridized carbons (Fsp3) is 0.235. The minimum absolute atomic E-state index is 0.253.